The van der Waals surface area contributed by atoms with Gasteiger partial charge in [0.25, 0.3) is 0 Å². The molecule has 1 fully saturated rings. The molecule has 4 rings (SSSR count). The molecular weight excluding hydrogens is 350 g/mol. The number of nitrogens with one attached hydrogen (secondary N) is 2. The van der Waals surface area contributed by atoms with E-state index in [1.807, 2.05) is 0 Å². The van der Waals surface area contributed by atoms with Crippen molar-refractivity contribution in [3.8, 4) is 0 Å². The summed E-state index contributed by atoms with van der Waals surface area (Å²) < 4.78 is 0. The van der Waals surface area contributed by atoms with Crippen molar-refractivity contribution >= 4 is 28.4 Å². The second-order valence-electron chi connectivity index (χ2n) is 7.62. The maximum absolute atomic E-state index is 3.87. The molecule has 2 N–H and O–H groups in total. The molecule has 142 valence electrons. The van der Waals surface area contributed by atoms with Crippen molar-refractivity contribution in [2.45, 2.75) is 24.8 Å². The zero-order valence-corrected chi connectivity index (χ0v) is 17.1. The van der Waals surface area contributed by atoms with Gasteiger partial charge >= 0.3 is 0 Å². The first-order valence-corrected chi connectivity index (χ1v) is 11.0. The van der Waals surface area contributed by atoms with E-state index in [2.05, 4.69) is 95.8 Å². The molecule has 0 radical (unpaired) electrons. The maximum atomic E-state index is 3.87. The van der Waals surface area contributed by atoms with Gasteiger partial charge in [0.2, 0.25) is 0 Å². The van der Waals surface area contributed by atoms with Gasteiger partial charge in [-0.05, 0) is 53.7 Å². The van der Waals surface area contributed by atoms with Crippen molar-refractivity contribution in [3.05, 3.63) is 65.9 Å². The quantitative estimate of drug-likeness (QED) is 0.642. The zero-order chi connectivity index (χ0) is 18.6. The second-order valence-corrected chi connectivity index (χ2v) is 8.85. The normalized spacial score (nSPS) is 16.5. The third-order valence-electron chi connectivity index (χ3n) is 5.64. The van der Waals surface area contributed by atoms with Crippen LogP contribution >= 0.6 is 11.8 Å². The molecule has 3 aromatic rings. The van der Waals surface area contributed by atoms with Gasteiger partial charge in [-0.2, -0.15) is 11.8 Å². The Kier molecular flexibility index (Phi) is 5.74. The van der Waals surface area contributed by atoms with Crippen LogP contribution in [-0.4, -0.2) is 43.2 Å². The van der Waals surface area contributed by atoms with Crippen LogP contribution in [0.3, 0.4) is 0 Å². The number of nitrogens with zero attached hydrogens (tertiary/aromatic N) is 1. The Labute approximate surface area is 166 Å². The Bertz CT molecular complexity index is 863. The summed E-state index contributed by atoms with van der Waals surface area (Å²) >= 11 is 2.08. The molecule has 0 bridgehead atoms. The van der Waals surface area contributed by atoms with Crippen LogP contribution in [0.25, 0.3) is 10.9 Å². The van der Waals surface area contributed by atoms with Crippen LogP contribution < -0.4 is 10.2 Å². The number of H-pyrrole nitrogens is 1. The summed E-state index contributed by atoms with van der Waals surface area (Å²) in [6.07, 6.45) is 4.77. The molecule has 0 saturated carbocycles. The highest BCUT2D eigenvalue weighted by atomic mass is 32.2. The van der Waals surface area contributed by atoms with Gasteiger partial charge in [0, 0.05) is 55.4 Å². The number of hydrogen-bond acceptors (Lipinski definition) is 3. The first kappa shape index (κ1) is 18.5. The largest absolute Gasteiger partial charge is 0.378 e. The van der Waals surface area contributed by atoms with Crippen LogP contribution in [0.1, 0.15) is 29.9 Å². The summed E-state index contributed by atoms with van der Waals surface area (Å²) in [6.45, 7) is 0.985. The zero-order valence-electron chi connectivity index (χ0n) is 16.2. The van der Waals surface area contributed by atoms with E-state index < -0.39 is 0 Å². The fraction of sp³-hybridized carbons (Fsp3) is 0.391. The van der Waals surface area contributed by atoms with Crippen LogP contribution in [0.15, 0.2) is 54.7 Å². The van der Waals surface area contributed by atoms with Crippen molar-refractivity contribution in [2.24, 2.45) is 0 Å². The predicted molar refractivity (Wildman–Crippen MR) is 119 cm³/mol. The Morgan fingerprint density at radius 2 is 1.81 bits per heavy atom. The van der Waals surface area contributed by atoms with E-state index in [1.54, 1.807) is 0 Å². The lowest BCUT2D eigenvalue weighted by atomic mass is 9.90. The van der Waals surface area contributed by atoms with Gasteiger partial charge in [-0.15, -0.1) is 0 Å². The molecule has 2 aromatic carbocycles. The molecule has 1 atom stereocenters. The van der Waals surface area contributed by atoms with Crippen molar-refractivity contribution in [1.29, 1.82) is 0 Å². The molecule has 2 heterocycles. The number of aromatic nitrogens is 1. The summed E-state index contributed by atoms with van der Waals surface area (Å²) in [5.41, 5.74) is 5.23. The summed E-state index contributed by atoms with van der Waals surface area (Å²) in [4.78, 5) is 5.62. The van der Waals surface area contributed by atoms with E-state index in [1.165, 1.54) is 52.1 Å². The molecule has 27 heavy (non-hydrogen) atoms. The molecule has 0 aliphatic carbocycles. The lowest BCUT2D eigenvalue weighted by Crippen LogP contribution is -2.35. The van der Waals surface area contributed by atoms with Gasteiger partial charge in [-0.25, -0.2) is 0 Å². The summed E-state index contributed by atoms with van der Waals surface area (Å²) in [5.74, 6) is 2.92. The van der Waals surface area contributed by atoms with Crippen molar-refractivity contribution < 1.29 is 0 Å². The third kappa shape index (κ3) is 4.17. The van der Waals surface area contributed by atoms with Gasteiger partial charge in [-0.1, -0.05) is 30.3 Å². The van der Waals surface area contributed by atoms with Crippen LogP contribution in [-0.2, 0) is 0 Å². The van der Waals surface area contributed by atoms with E-state index in [9.17, 15) is 0 Å². The lowest BCUT2D eigenvalue weighted by molar-refractivity contribution is 0.472. The standard InChI is InChI=1S/C23H29N3S/c1-26(2)19-9-7-17(8-10-19)21(15-24-18-11-13-27-14-12-18)22-16-25-23-6-4-3-5-20(22)23/h3-10,16,18,21,24-25H,11-15H2,1-2H3/t21-/m0/s1. The highest BCUT2D eigenvalue weighted by Gasteiger charge is 2.21. The van der Waals surface area contributed by atoms with Crippen molar-refractivity contribution in [1.82, 2.24) is 10.3 Å². The minimum atomic E-state index is 0.354. The number of anilines is 1. The Hall–Kier alpha value is -1.91. The predicted octanol–water partition coefficient (Wildman–Crippen LogP) is 4.85. The number of benzene rings is 2. The molecule has 3 nitrogen and oxygen atoms in total. The number of rotatable bonds is 6. The molecule has 0 amide bonds. The van der Waals surface area contributed by atoms with Crippen molar-refractivity contribution in [3.63, 3.8) is 0 Å². The lowest BCUT2D eigenvalue weighted by Gasteiger charge is -2.26. The number of aromatic amines is 1. The summed E-state index contributed by atoms with van der Waals surface area (Å²) in [5, 5.41) is 5.21. The van der Waals surface area contributed by atoms with Crippen LogP contribution in [0, 0.1) is 0 Å². The van der Waals surface area contributed by atoms with E-state index in [0.717, 1.165) is 6.54 Å². The molecule has 1 aromatic heterocycles. The van der Waals surface area contributed by atoms with E-state index in [0.29, 0.717) is 12.0 Å². The van der Waals surface area contributed by atoms with Crippen molar-refractivity contribution in [2.75, 3.05) is 37.0 Å². The highest BCUT2D eigenvalue weighted by molar-refractivity contribution is 7.99. The number of hydrogen-bond donors (Lipinski definition) is 2. The molecular formula is C23H29N3S. The van der Waals surface area contributed by atoms with E-state index >= 15 is 0 Å². The molecule has 1 aliphatic heterocycles. The Morgan fingerprint density at radius 3 is 2.56 bits per heavy atom. The molecule has 0 unspecified atom stereocenters. The Balaban J connectivity index is 1.63. The number of fused-ring (bicyclic) bond motifs is 1. The van der Waals surface area contributed by atoms with Gasteiger partial charge in [0.1, 0.15) is 0 Å². The maximum Gasteiger partial charge on any atom is 0.0457 e. The van der Waals surface area contributed by atoms with Crippen LogP contribution in [0.4, 0.5) is 5.69 Å². The first-order valence-electron chi connectivity index (χ1n) is 9.87. The average molecular weight is 380 g/mol. The average Bonchev–Trinajstić information content (AvgIpc) is 3.13. The topological polar surface area (TPSA) is 31.1 Å². The van der Waals surface area contributed by atoms with Gasteiger partial charge in [0.15, 0.2) is 0 Å². The smallest absolute Gasteiger partial charge is 0.0457 e. The van der Waals surface area contributed by atoms with Crippen LogP contribution in [0.5, 0.6) is 0 Å². The van der Waals surface area contributed by atoms with E-state index in [4.69, 9.17) is 0 Å². The summed E-state index contributed by atoms with van der Waals surface area (Å²) in [6, 6.07) is 18.3. The molecule has 1 aliphatic rings. The number of thioether (sulfide) groups is 1. The van der Waals surface area contributed by atoms with E-state index in [-0.39, 0.29) is 0 Å². The minimum absolute atomic E-state index is 0.354. The van der Waals surface area contributed by atoms with Crippen LogP contribution in [0.2, 0.25) is 0 Å². The second kappa shape index (κ2) is 8.41. The SMILES string of the molecule is CN(C)c1ccc([C@H](CNC2CCSCC2)c2c[nH]c3ccccc23)cc1. The Morgan fingerprint density at radius 1 is 1.07 bits per heavy atom. The fourth-order valence-electron chi connectivity index (χ4n) is 3.98. The molecule has 1 saturated heterocycles. The molecule has 4 heteroatoms. The minimum Gasteiger partial charge on any atom is -0.378 e. The van der Waals surface area contributed by atoms with Gasteiger partial charge in [0.05, 0.1) is 0 Å². The van der Waals surface area contributed by atoms with Gasteiger partial charge in [-0.3, -0.25) is 0 Å². The highest BCUT2D eigenvalue weighted by Crippen LogP contribution is 2.32. The molecule has 0 spiro atoms. The number of para-hydroxylation sites is 1. The fourth-order valence-corrected chi connectivity index (χ4v) is 5.09. The summed E-state index contributed by atoms with van der Waals surface area (Å²) in [7, 11) is 4.18. The van der Waals surface area contributed by atoms with Gasteiger partial charge < -0.3 is 15.2 Å². The first-order chi connectivity index (χ1) is 13.2. The monoisotopic (exact) mass is 379 g/mol. The third-order valence-corrected chi connectivity index (χ3v) is 6.69.